The van der Waals surface area contributed by atoms with Gasteiger partial charge in [-0.15, -0.1) is 0 Å². The molecule has 1 aromatic rings. The topological polar surface area (TPSA) is 30.5 Å². The van der Waals surface area contributed by atoms with E-state index in [1.807, 2.05) is 19.9 Å². The van der Waals surface area contributed by atoms with Gasteiger partial charge in [0.25, 0.3) is 0 Å². The third-order valence-corrected chi connectivity index (χ3v) is 3.63. The zero-order valence-electron chi connectivity index (χ0n) is 12.2. The molecule has 3 heteroatoms. The van der Waals surface area contributed by atoms with Gasteiger partial charge in [-0.1, -0.05) is 13.0 Å². The number of hydrogen-bond acceptors (Lipinski definition) is 3. The average molecular weight is 263 g/mol. The normalized spacial score (nSPS) is 23.1. The van der Waals surface area contributed by atoms with E-state index in [1.165, 1.54) is 18.4 Å². The van der Waals surface area contributed by atoms with E-state index in [9.17, 15) is 0 Å². The molecular formula is C16H25NO2. The van der Waals surface area contributed by atoms with E-state index >= 15 is 0 Å². The number of nitrogens with one attached hydrogen (secondary N) is 1. The summed E-state index contributed by atoms with van der Waals surface area (Å²) in [6.45, 7) is 8.73. The Morgan fingerprint density at radius 2 is 1.84 bits per heavy atom. The van der Waals surface area contributed by atoms with E-state index in [0.717, 1.165) is 24.0 Å². The molecule has 0 spiro atoms. The van der Waals surface area contributed by atoms with Crippen LogP contribution in [0.2, 0.25) is 0 Å². The summed E-state index contributed by atoms with van der Waals surface area (Å²) in [5, 5.41) is 3.61. The first-order valence-corrected chi connectivity index (χ1v) is 7.37. The van der Waals surface area contributed by atoms with Crippen molar-refractivity contribution in [1.29, 1.82) is 0 Å². The lowest BCUT2D eigenvalue weighted by Crippen LogP contribution is -2.31. The number of benzene rings is 1. The Morgan fingerprint density at radius 1 is 1.11 bits per heavy atom. The second kappa shape index (κ2) is 6.80. The minimum atomic E-state index is 0.450. The Kier molecular flexibility index (Phi) is 5.08. The highest BCUT2D eigenvalue weighted by molar-refractivity contribution is 5.44. The van der Waals surface area contributed by atoms with Gasteiger partial charge < -0.3 is 14.8 Å². The minimum Gasteiger partial charge on any atom is -0.490 e. The Bertz CT molecular complexity index is 398. The van der Waals surface area contributed by atoms with Crippen LogP contribution in [0.25, 0.3) is 0 Å². The molecule has 1 fully saturated rings. The van der Waals surface area contributed by atoms with Crippen LogP contribution in [0, 0.1) is 5.92 Å². The maximum absolute atomic E-state index is 5.69. The maximum Gasteiger partial charge on any atom is 0.161 e. The van der Waals surface area contributed by atoms with Gasteiger partial charge in [0.05, 0.1) is 13.2 Å². The highest BCUT2D eigenvalue weighted by atomic mass is 16.5. The third-order valence-electron chi connectivity index (χ3n) is 3.63. The summed E-state index contributed by atoms with van der Waals surface area (Å²) in [7, 11) is 0. The van der Waals surface area contributed by atoms with Crippen LogP contribution >= 0.6 is 0 Å². The predicted octanol–water partition coefficient (Wildman–Crippen LogP) is 3.54. The smallest absolute Gasteiger partial charge is 0.161 e. The van der Waals surface area contributed by atoms with Crippen LogP contribution in [0.1, 0.15) is 45.2 Å². The van der Waals surface area contributed by atoms with Crippen molar-refractivity contribution in [3.8, 4) is 11.5 Å². The van der Waals surface area contributed by atoms with Gasteiger partial charge in [-0.2, -0.15) is 0 Å². The average Bonchev–Trinajstić information content (AvgIpc) is 2.42. The molecule has 0 aromatic heterocycles. The summed E-state index contributed by atoms with van der Waals surface area (Å²) in [4.78, 5) is 0. The fourth-order valence-electron chi connectivity index (χ4n) is 2.57. The van der Waals surface area contributed by atoms with Crippen LogP contribution in [0.5, 0.6) is 11.5 Å². The van der Waals surface area contributed by atoms with Crippen LogP contribution in [-0.2, 0) is 0 Å². The summed E-state index contributed by atoms with van der Waals surface area (Å²) in [6.07, 6.45) is 2.48. The lowest BCUT2D eigenvalue weighted by Gasteiger charge is -2.28. The van der Waals surface area contributed by atoms with Crippen molar-refractivity contribution in [3.05, 3.63) is 23.8 Å². The molecule has 1 saturated heterocycles. The van der Waals surface area contributed by atoms with Crippen molar-refractivity contribution in [1.82, 2.24) is 5.32 Å². The maximum atomic E-state index is 5.69. The van der Waals surface area contributed by atoms with Crippen molar-refractivity contribution in [2.24, 2.45) is 5.92 Å². The highest BCUT2D eigenvalue weighted by Gasteiger charge is 2.20. The fourth-order valence-corrected chi connectivity index (χ4v) is 2.57. The molecule has 0 amide bonds. The second-order valence-electron chi connectivity index (χ2n) is 5.22. The number of hydrogen-bond donors (Lipinski definition) is 1. The molecule has 0 radical (unpaired) electrons. The zero-order chi connectivity index (χ0) is 13.7. The van der Waals surface area contributed by atoms with Gasteiger partial charge in [0, 0.05) is 6.04 Å². The highest BCUT2D eigenvalue weighted by Crippen LogP contribution is 2.33. The number of rotatable bonds is 5. The molecule has 1 aliphatic rings. The second-order valence-corrected chi connectivity index (χ2v) is 5.22. The number of ether oxygens (including phenoxy) is 2. The lowest BCUT2D eigenvalue weighted by molar-refractivity contribution is 0.285. The van der Waals surface area contributed by atoms with Crippen molar-refractivity contribution in [2.45, 2.75) is 39.7 Å². The zero-order valence-corrected chi connectivity index (χ0v) is 12.2. The standard InChI is InChI=1S/C16H25NO2/c1-4-18-15-9-7-13(10-16(15)19-5-2)14-8-6-12(3)11-17-14/h7,9-10,12,14,17H,4-6,8,11H2,1-3H3. The van der Waals surface area contributed by atoms with E-state index in [2.05, 4.69) is 24.4 Å². The quantitative estimate of drug-likeness (QED) is 0.881. The largest absolute Gasteiger partial charge is 0.490 e. The predicted molar refractivity (Wildman–Crippen MR) is 77.9 cm³/mol. The Labute approximate surface area is 116 Å². The van der Waals surface area contributed by atoms with E-state index in [1.54, 1.807) is 0 Å². The lowest BCUT2D eigenvalue weighted by atomic mass is 9.92. The van der Waals surface area contributed by atoms with Gasteiger partial charge in [0.1, 0.15) is 0 Å². The molecular weight excluding hydrogens is 238 g/mol. The Balaban J connectivity index is 2.15. The van der Waals surface area contributed by atoms with Crippen LogP contribution in [0.4, 0.5) is 0 Å². The van der Waals surface area contributed by atoms with Crippen LogP contribution in [0.15, 0.2) is 18.2 Å². The fraction of sp³-hybridized carbons (Fsp3) is 0.625. The summed E-state index contributed by atoms with van der Waals surface area (Å²) in [5.41, 5.74) is 1.30. The Hall–Kier alpha value is -1.22. The van der Waals surface area contributed by atoms with Gasteiger partial charge in [-0.05, 0) is 56.8 Å². The van der Waals surface area contributed by atoms with Gasteiger partial charge in [-0.25, -0.2) is 0 Å². The molecule has 1 aromatic carbocycles. The minimum absolute atomic E-state index is 0.450. The molecule has 2 unspecified atom stereocenters. The molecule has 19 heavy (non-hydrogen) atoms. The third kappa shape index (κ3) is 3.63. The molecule has 1 N–H and O–H groups in total. The monoisotopic (exact) mass is 263 g/mol. The first-order chi connectivity index (χ1) is 9.24. The van der Waals surface area contributed by atoms with E-state index < -0.39 is 0 Å². The van der Waals surface area contributed by atoms with Crippen molar-refractivity contribution >= 4 is 0 Å². The summed E-state index contributed by atoms with van der Waals surface area (Å²) >= 11 is 0. The van der Waals surface area contributed by atoms with Crippen LogP contribution < -0.4 is 14.8 Å². The van der Waals surface area contributed by atoms with Crippen molar-refractivity contribution < 1.29 is 9.47 Å². The first kappa shape index (κ1) is 14.2. The summed E-state index contributed by atoms with van der Waals surface area (Å²) in [5.74, 6) is 2.49. The Morgan fingerprint density at radius 3 is 2.47 bits per heavy atom. The molecule has 0 saturated carbocycles. The molecule has 2 atom stereocenters. The van der Waals surface area contributed by atoms with E-state index in [4.69, 9.17) is 9.47 Å². The van der Waals surface area contributed by atoms with Crippen LogP contribution in [0.3, 0.4) is 0 Å². The van der Waals surface area contributed by atoms with Crippen LogP contribution in [-0.4, -0.2) is 19.8 Å². The first-order valence-electron chi connectivity index (χ1n) is 7.37. The molecule has 1 heterocycles. The molecule has 0 bridgehead atoms. The van der Waals surface area contributed by atoms with Crippen molar-refractivity contribution in [2.75, 3.05) is 19.8 Å². The molecule has 3 nitrogen and oxygen atoms in total. The SMILES string of the molecule is CCOc1ccc(C2CCC(C)CN2)cc1OCC. The van der Waals surface area contributed by atoms with Gasteiger partial charge in [0.15, 0.2) is 11.5 Å². The summed E-state index contributed by atoms with van der Waals surface area (Å²) < 4.78 is 11.3. The summed E-state index contributed by atoms with van der Waals surface area (Å²) in [6, 6.07) is 6.76. The van der Waals surface area contributed by atoms with Gasteiger partial charge in [-0.3, -0.25) is 0 Å². The van der Waals surface area contributed by atoms with Gasteiger partial charge >= 0.3 is 0 Å². The van der Waals surface area contributed by atoms with Crippen molar-refractivity contribution in [3.63, 3.8) is 0 Å². The molecule has 2 rings (SSSR count). The molecule has 106 valence electrons. The van der Waals surface area contributed by atoms with E-state index in [-0.39, 0.29) is 0 Å². The molecule has 1 aliphatic heterocycles. The van der Waals surface area contributed by atoms with E-state index in [0.29, 0.717) is 19.3 Å². The van der Waals surface area contributed by atoms with Gasteiger partial charge in [0.2, 0.25) is 0 Å². The molecule has 0 aliphatic carbocycles. The number of piperidine rings is 1.